The van der Waals surface area contributed by atoms with Crippen LogP contribution in [0.3, 0.4) is 0 Å². The fourth-order valence-electron chi connectivity index (χ4n) is 2.80. The van der Waals surface area contributed by atoms with Crippen LogP contribution in [-0.4, -0.2) is 0 Å². The van der Waals surface area contributed by atoms with Crippen LogP contribution in [0.1, 0.15) is 22.3 Å². The van der Waals surface area contributed by atoms with E-state index in [0.717, 1.165) is 0 Å². The first-order valence-electron chi connectivity index (χ1n) is 7.72. The van der Waals surface area contributed by atoms with E-state index >= 15 is 0 Å². The van der Waals surface area contributed by atoms with Gasteiger partial charge >= 0.3 is 0 Å². The van der Waals surface area contributed by atoms with Crippen molar-refractivity contribution in [3.05, 3.63) is 82.9 Å². The van der Waals surface area contributed by atoms with Crippen molar-refractivity contribution in [1.29, 1.82) is 0 Å². The van der Waals surface area contributed by atoms with Gasteiger partial charge in [-0.05, 0) is 73.2 Å². The second kappa shape index (κ2) is 5.81. The van der Waals surface area contributed by atoms with Gasteiger partial charge < -0.3 is 0 Å². The van der Waals surface area contributed by atoms with Crippen LogP contribution in [0.15, 0.2) is 54.6 Å². The Morgan fingerprint density at radius 1 is 0.636 bits per heavy atom. The average molecular weight is 285 g/mol. The Morgan fingerprint density at radius 3 is 1.68 bits per heavy atom. The topological polar surface area (TPSA) is 0 Å². The number of hydrogen-bond acceptors (Lipinski definition) is 0. The molecule has 0 aliphatic rings. The monoisotopic (exact) mass is 285 g/mol. The van der Waals surface area contributed by atoms with Crippen molar-refractivity contribution in [1.82, 2.24) is 0 Å². The van der Waals surface area contributed by atoms with Gasteiger partial charge in [0, 0.05) is 0 Å². The van der Waals surface area contributed by atoms with E-state index < -0.39 is 0 Å². The zero-order chi connectivity index (χ0) is 15.7. The Balaban J connectivity index is 2.25. The first kappa shape index (κ1) is 14.6. The molecule has 0 aromatic heterocycles. The Bertz CT molecular complexity index is 791. The highest BCUT2D eigenvalue weighted by molar-refractivity contribution is 5.86. The highest BCUT2D eigenvalue weighted by atomic mass is 14.2. The Kier molecular flexibility index (Phi) is 3.85. The van der Waals surface area contributed by atoms with E-state index in [9.17, 15) is 0 Å². The van der Waals surface area contributed by atoms with Gasteiger partial charge in [0.1, 0.15) is 0 Å². The molecule has 109 valence electrons. The lowest BCUT2D eigenvalue weighted by Crippen LogP contribution is -1.93. The number of rotatable bonds is 2. The predicted octanol–water partition coefficient (Wildman–Crippen LogP) is 6.05. The van der Waals surface area contributed by atoms with Gasteiger partial charge in [0.15, 0.2) is 0 Å². The summed E-state index contributed by atoms with van der Waals surface area (Å²) in [4.78, 5) is 0. The standard InChI is InChI=1S/C22H21/c1-15-5-10-19(11-6-15)21-14-9-17(3)18(4)22(21)20-12-7-16(2)8-13-20/h5-8,10-14H,1-4H3. The number of aryl methyl sites for hydroxylation is 3. The predicted molar refractivity (Wildman–Crippen MR) is 95.1 cm³/mol. The summed E-state index contributed by atoms with van der Waals surface area (Å²) in [7, 11) is 0. The van der Waals surface area contributed by atoms with E-state index in [1.807, 2.05) is 0 Å². The fraction of sp³-hybridized carbons (Fsp3) is 0.182. The zero-order valence-corrected chi connectivity index (χ0v) is 13.7. The summed E-state index contributed by atoms with van der Waals surface area (Å²) in [5.41, 5.74) is 10.2. The molecule has 1 radical (unpaired) electrons. The van der Waals surface area contributed by atoms with Crippen LogP contribution in [0.2, 0.25) is 0 Å². The van der Waals surface area contributed by atoms with Gasteiger partial charge in [0.05, 0.1) is 0 Å². The minimum absolute atomic E-state index is 1.21. The van der Waals surface area contributed by atoms with Crippen LogP contribution < -0.4 is 0 Å². The SMILES string of the molecule is Cc1ccc(-c2c[c]c(C)c(C)c2-c2ccc(C)cc2)cc1. The van der Waals surface area contributed by atoms with E-state index in [1.54, 1.807) is 0 Å². The van der Waals surface area contributed by atoms with Crippen LogP contribution in [0.5, 0.6) is 0 Å². The van der Waals surface area contributed by atoms with Crippen molar-refractivity contribution >= 4 is 0 Å². The maximum absolute atomic E-state index is 3.40. The molecule has 0 aliphatic carbocycles. The van der Waals surface area contributed by atoms with Crippen LogP contribution >= 0.6 is 0 Å². The number of hydrogen-bond donors (Lipinski definition) is 0. The van der Waals surface area contributed by atoms with Crippen molar-refractivity contribution in [2.24, 2.45) is 0 Å². The molecule has 0 N–H and O–H groups in total. The molecule has 0 saturated carbocycles. The lowest BCUT2D eigenvalue weighted by atomic mass is 9.88. The smallest absolute Gasteiger partial charge is 0.00730 e. The third kappa shape index (κ3) is 2.69. The quantitative estimate of drug-likeness (QED) is 0.537. The molecule has 0 heterocycles. The molecular weight excluding hydrogens is 264 g/mol. The van der Waals surface area contributed by atoms with Crippen molar-refractivity contribution < 1.29 is 0 Å². The first-order valence-corrected chi connectivity index (χ1v) is 7.72. The van der Waals surface area contributed by atoms with Gasteiger partial charge in [-0.25, -0.2) is 0 Å². The molecule has 0 amide bonds. The van der Waals surface area contributed by atoms with Crippen LogP contribution in [0.4, 0.5) is 0 Å². The van der Waals surface area contributed by atoms with E-state index in [4.69, 9.17) is 0 Å². The summed E-state index contributed by atoms with van der Waals surface area (Å²) < 4.78 is 0. The van der Waals surface area contributed by atoms with Crippen molar-refractivity contribution in [3.63, 3.8) is 0 Å². The highest BCUT2D eigenvalue weighted by Gasteiger charge is 2.12. The summed E-state index contributed by atoms with van der Waals surface area (Å²) in [5, 5.41) is 0. The van der Waals surface area contributed by atoms with E-state index in [0.29, 0.717) is 0 Å². The minimum Gasteiger partial charge on any atom is -0.0587 e. The molecular formula is C22H21. The molecule has 0 bridgehead atoms. The van der Waals surface area contributed by atoms with Gasteiger partial charge in [0.2, 0.25) is 0 Å². The molecule has 0 spiro atoms. The van der Waals surface area contributed by atoms with Gasteiger partial charge in [-0.3, -0.25) is 0 Å². The third-order valence-electron chi connectivity index (χ3n) is 4.34. The Labute approximate surface area is 133 Å². The molecule has 0 atom stereocenters. The van der Waals surface area contributed by atoms with Crippen molar-refractivity contribution in [2.75, 3.05) is 0 Å². The molecule has 0 saturated heterocycles. The zero-order valence-electron chi connectivity index (χ0n) is 13.7. The van der Waals surface area contributed by atoms with Gasteiger partial charge in [-0.15, -0.1) is 0 Å². The molecule has 3 rings (SSSR count). The van der Waals surface area contributed by atoms with Gasteiger partial charge in [0.25, 0.3) is 0 Å². The first-order chi connectivity index (χ1) is 10.6. The molecule has 0 fully saturated rings. The van der Waals surface area contributed by atoms with E-state index in [1.165, 1.54) is 44.5 Å². The molecule has 0 aliphatic heterocycles. The maximum atomic E-state index is 3.40. The number of benzene rings is 3. The maximum Gasteiger partial charge on any atom is -0.00730 e. The summed E-state index contributed by atoms with van der Waals surface area (Å²) in [6.45, 7) is 8.57. The molecule has 0 nitrogen and oxygen atoms in total. The third-order valence-corrected chi connectivity index (χ3v) is 4.34. The molecule has 3 aromatic carbocycles. The highest BCUT2D eigenvalue weighted by Crippen LogP contribution is 2.36. The Hall–Kier alpha value is -2.34. The minimum atomic E-state index is 1.21. The van der Waals surface area contributed by atoms with Crippen molar-refractivity contribution in [2.45, 2.75) is 27.7 Å². The van der Waals surface area contributed by atoms with Crippen LogP contribution in [0.25, 0.3) is 22.3 Å². The molecule has 22 heavy (non-hydrogen) atoms. The van der Waals surface area contributed by atoms with Gasteiger partial charge in [-0.1, -0.05) is 59.7 Å². The largest absolute Gasteiger partial charge is 0.0587 e. The molecule has 0 unspecified atom stereocenters. The molecule has 3 aromatic rings. The lowest BCUT2D eigenvalue weighted by Gasteiger charge is -2.16. The Morgan fingerprint density at radius 2 is 1.14 bits per heavy atom. The van der Waals surface area contributed by atoms with Gasteiger partial charge in [-0.2, -0.15) is 0 Å². The lowest BCUT2D eigenvalue weighted by molar-refractivity contribution is 1.33. The fourth-order valence-corrected chi connectivity index (χ4v) is 2.80. The summed E-state index contributed by atoms with van der Waals surface area (Å²) in [5.74, 6) is 0. The van der Waals surface area contributed by atoms with Crippen LogP contribution in [-0.2, 0) is 0 Å². The van der Waals surface area contributed by atoms with Crippen molar-refractivity contribution in [3.8, 4) is 22.3 Å². The second-order valence-corrected chi connectivity index (χ2v) is 6.06. The average Bonchev–Trinajstić information content (AvgIpc) is 2.52. The second-order valence-electron chi connectivity index (χ2n) is 6.06. The summed E-state index contributed by atoms with van der Waals surface area (Å²) in [6.07, 6.45) is 0. The summed E-state index contributed by atoms with van der Waals surface area (Å²) in [6, 6.07) is 23.1. The molecule has 0 heteroatoms. The van der Waals surface area contributed by atoms with Crippen LogP contribution in [0, 0.1) is 33.8 Å². The summed E-state index contributed by atoms with van der Waals surface area (Å²) >= 11 is 0. The van der Waals surface area contributed by atoms with E-state index in [-0.39, 0.29) is 0 Å². The van der Waals surface area contributed by atoms with E-state index in [2.05, 4.69) is 88.4 Å². The normalized spacial score (nSPS) is 10.7.